The van der Waals surface area contributed by atoms with Crippen molar-refractivity contribution in [2.45, 2.75) is 6.92 Å². The number of ether oxygens (including phenoxy) is 2. The summed E-state index contributed by atoms with van der Waals surface area (Å²) < 4.78 is 11.0. The number of hydrogen-bond donors (Lipinski definition) is 1. The van der Waals surface area contributed by atoms with E-state index in [9.17, 15) is 4.79 Å². The molecule has 25 heavy (non-hydrogen) atoms. The van der Waals surface area contributed by atoms with Crippen LogP contribution in [0.1, 0.15) is 16.3 Å². The molecular weight excluding hydrogens is 322 g/mol. The molecule has 2 aromatic rings. The van der Waals surface area contributed by atoms with Gasteiger partial charge in [-0.3, -0.25) is 9.78 Å². The van der Waals surface area contributed by atoms with E-state index in [2.05, 4.69) is 25.2 Å². The molecule has 8 heteroatoms. The van der Waals surface area contributed by atoms with E-state index in [1.807, 2.05) is 13.0 Å². The average molecular weight is 343 g/mol. The van der Waals surface area contributed by atoms with Gasteiger partial charge in [-0.05, 0) is 19.1 Å². The molecule has 0 unspecified atom stereocenters. The minimum absolute atomic E-state index is 0.225. The quantitative estimate of drug-likeness (QED) is 0.777. The fourth-order valence-electron chi connectivity index (χ4n) is 2.46. The highest BCUT2D eigenvalue weighted by atomic mass is 16.5. The zero-order valence-corrected chi connectivity index (χ0v) is 14.1. The van der Waals surface area contributed by atoms with Crippen LogP contribution in [0.4, 0.5) is 5.82 Å². The summed E-state index contributed by atoms with van der Waals surface area (Å²) in [7, 11) is 0. The molecule has 0 spiro atoms. The predicted octanol–water partition coefficient (Wildman–Crippen LogP) is 0.825. The molecule has 8 nitrogen and oxygen atoms in total. The number of aromatic nitrogens is 3. The Morgan fingerprint density at radius 2 is 2.16 bits per heavy atom. The maximum Gasteiger partial charge on any atom is 0.269 e. The number of aryl methyl sites for hydroxylation is 1. The molecule has 1 aliphatic heterocycles. The summed E-state index contributed by atoms with van der Waals surface area (Å²) in [5, 5.41) is 2.77. The second kappa shape index (κ2) is 8.39. The van der Waals surface area contributed by atoms with Crippen LogP contribution in [-0.2, 0) is 4.74 Å². The molecule has 1 aliphatic rings. The van der Waals surface area contributed by atoms with Crippen LogP contribution >= 0.6 is 0 Å². The number of carbonyl (C=O) groups excluding carboxylic acids is 1. The highest BCUT2D eigenvalue weighted by molar-refractivity contribution is 5.92. The summed E-state index contributed by atoms with van der Waals surface area (Å²) >= 11 is 0. The summed E-state index contributed by atoms with van der Waals surface area (Å²) in [4.78, 5) is 26.8. The second-order valence-corrected chi connectivity index (χ2v) is 5.53. The fraction of sp³-hybridized carbons (Fsp3) is 0.412. The second-order valence-electron chi connectivity index (χ2n) is 5.53. The van der Waals surface area contributed by atoms with Crippen molar-refractivity contribution in [3.63, 3.8) is 0 Å². The van der Waals surface area contributed by atoms with Gasteiger partial charge in [0.25, 0.3) is 5.91 Å². The van der Waals surface area contributed by atoms with E-state index in [0.29, 0.717) is 43.8 Å². The third-order valence-electron chi connectivity index (χ3n) is 3.67. The van der Waals surface area contributed by atoms with Crippen LogP contribution in [0.3, 0.4) is 0 Å². The lowest BCUT2D eigenvalue weighted by molar-refractivity contribution is 0.0941. The van der Waals surface area contributed by atoms with Gasteiger partial charge in [0.2, 0.25) is 5.88 Å². The molecule has 0 radical (unpaired) electrons. The Morgan fingerprint density at radius 1 is 1.32 bits per heavy atom. The van der Waals surface area contributed by atoms with Gasteiger partial charge in [-0.1, -0.05) is 6.07 Å². The number of nitrogens with one attached hydrogen (secondary N) is 1. The van der Waals surface area contributed by atoms with E-state index in [-0.39, 0.29) is 5.91 Å². The third-order valence-corrected chi connectivity index (χ3v) is 3.67. The van der Waals surface area contributed by atoms with Crippen molar-refractivity contribution in [3.8, 4) is 5.88 Å². The number of morpholine rings is 1. The molecule has 0 saturated carbocycles. The minimum atomic E-state index is -0.225. The summed E-state index contributed by atoms with van der Waals surface area (Å²) in [6.45, 7) is 5.51. The Hall–Kier alpha value is -2.74. The predicted molar refractivity (Wildman–Crippen MR) is 91.9 cm³/mol. The van der Waals surface area contributed by atoms with Crippen LogP contribution in [0.15, 0.2) is 30.5 Å². The topological polar surface area (TPSA) is 89.5 Å². The monoisotopic (exact) mass is 343 g/mol. The first-order valence-corrected chi connectivity index (χ1v) is 8.23. The van der Waals surface area contributed by atoms with Gasteiger partial charge < -0.3 is 19.7 Å². The first kappa shape index (κ1) is 17.1. The molecular formula is C17H21N5O3. The van der Waals surface area contributed by atoms with Crippen LogP contribution in [0.5, 0.6) is 5.88 Å². The zero-order chi connectivity index (χ0) is 17.5. The van der Waals surface area contributed by atoms with Gasteiger partial charge in [-0.2, -0.15) is 4.98 Å². The maximum atomic E-state index is 11.9. The van der Waals surface area contributed by atoms with Gasteiger partial charge in [0.05, 0.1) is 19.8 Å². The number of carbonyl (C=O) groups is 1. The van der Waals surface area contributed by atoms with Crippen LogP contribution in [0.2, 0.25) is 0 Å². The van der Waals surface area contributed by atoms with E-state index >= 15 is 0 Å². The van der Waals surface area contributed by atoms with E-state index in [1.54, 1.807) is 24.4 Å². The molecule has 1 amide bonds. The number of rotatable bonds is 6. The number of nitrogens with zero attached hydrogens (tertiary/aromatic N) is 4. The van der Waals surface area contributed by atoms with Crippen molar-refractivity contribution < 1.29 is 14.3 Å². The standard InChI is InChI=1S/C17H21N5O3/c1-13-20-15(22-7-10-24-11-8-22)12-16(21-13)25-9-6-19-17(23)14-4-2-3-5-18-14/h2-5,12H,6-11H2,1H3,(H,19,23). The lowest BCUT2D eigenvalue weighted by atomic mass is 10.3. The Kier molecular flexibility index (Phi) is 5.73. The van der Waals surface area contributed by atoms with Crippen molar-refractivity contribution in [1.29, 1.82) is 0 Å². The summed E-state index contributed by atoms with van der Waals surface area (Å²) in [5.74, 6) is 1.76. The molecule has 1 saturated heterocycles. The largest absolute Gasteiger partial charge is 0.476 e. The maximum absolute atomic E-state index is 11.9. The van der Waals surface area contributed by atoms with Gasteiger partial charge in [-0.25, -0.2) is 4.98 Å². The van der Waals surface area contributed by atoms with Crippen molar-refractivity contribution in [2.24, 2.45) is 0 Å². The molecule has 0 aliphatic carbocycles. The van der Waals surface area contributed by atoms with Crippen molar-refractivity contribution in [3.05, 3.63) is 42.0 Å². The molecule has 2 aromatic heterocycles. The summed E-state index contributed by atoms with van der Waals surface area (Å²) in [5.41, 5.74) is 0.384. The molecule has 1 N–H and O–H groups in total. The fourth-order valence-corrected chi connectivity index (χ4v) is 2.46. The number of anilines is 1. The highest BCUT2D eigenvalue weighted by Gasteiger charge is 2.14. The lowest BCUT2D eigenvalue weighted by Crippen LogP contribution is -2.37. The first-order valence-electron chi connectivity index (χ1n) is 8.23. The summed E-state index contributed by atoms with van der Waals surface area (Å²) in [6.07, 6.45) is 1.59. The Labute approximate surface area is 146 Å². The molecule has 1 fully saturated rings. The van der Waals surface area contributed by atoms with Gasteiger partial charge in [-0.15, -0.1) is 0 Å². The SMILES string of the molecule is Cc1nc(OCCNC(=O)c2ccccn2)cc(N2CCOCC2)n1. The molecule has 0 atom stereocenters. The Morgan fingerprint density at radius 3 is 2.92 bits per heavy atom. The van der Waals surface area contributed by atoms with Crippen molar-refractivity contribution >= 4 is 11.7 Å². The van der Waals surface area contributed by atoms with E-state index in [1.165, 1.54) is 0 Å². The van der Waals surface area contributed by atoms with Crippen molar-refractivity contribution in [1.82, 2.24) is 20.3 Å². The number of amides is 1. The highest BCUT2D eigenvalue weighted by Crippen LogP contribution is 2.18. The first-order chi connectivity index (χ1) is 12.2. The van der Waals surface area contributed by atoms with E-state index in [4.69, 9.17) is 9.47 Å². The normalized spacial score (nSPS) is 14.2. The van der Waals surface area contributed by atoms with Crippen LogP contribution in [0.25, 0.3) is 0 Å². The van der Waals surface area contributed by atoms with E-state index < -0.39 is 0 Å². The molecule has 3 heterocycles. The van der Waals surface area contributed by atoms with Gasteiger partial charge in [0.1, 0.15) is 23.9 Å². The smallest absolute Gasteiger partial charge is 0.269 e. The van der Waals surface area contributed by atoms with Gasteiger partial charge in [0.15, 0.2) is 0 Å². The molecule has 132 valence electrons. The Balaban J connectivity index is 1.51. The Bertz CT molecular complexity index is 705. The molecule has 3 rings (SSSR count). The lowest BCUT2D eigenvalue weighted by Gasteiger charge is -2.28. The van der Waals surface area contributed by atoms with Crippen LogP contribution < -0.4 is 15.0 Å². The third kappa shape index (κ3) is 4.87. The molecule has 0 aromatic carbocycles. The van der Waals surface area contributed by atoms with Gasteiger partial charge >= 0.3 is 0 Å². The number of hydrogen-bond acceptors (Lipinski definition) is 7. The van der Waals surface area contributed by atoms with Crippen LogP contribution in [-0.4, -0.2) is 60.3 Å². The van der Waals surface area contributed by atoms with Gasteiger partial charge in [0, 0.05) is 25.4 Å². The van der Waals surface area contributed by atoms with E-state index in [0.717, 1.165) is 18.9 Å². The van der Waals surface area contributed by atoms with Crippen molar-refractivity contribution in [2.75, 3.05) is 44.4 Å². The summed E-state index contributed by atoms with van der Waals surface area (Å²) in [6, 6.07) is 7.02. The minimum Gasteiger partial charge on any atom is -0.476 e. The average Bonchev–Trinajstić information content (AvgIpc) is 2.66. The van der Waals surface area contributed by atoms with Crippen LogP contribution in [0, 0.1) is 6.92 Å². The number of pyridine rings is 1. The molecule has 0 bridgehead atoms. The zero-order valence-electron chi connectivity index (χ0n) is 14.1.